The van der Waals surface area contributed by atoms with Gasteiger partial charge in [-0.25, -0.2) is 0 Å². The first kappa shape index (κ1) is 23.3. The van der Waals surface area contributed by atoms with Crippen molar-refractivity contribution < 1.29 is 4.57 Å². The maximum atomic E-state index is 13.4. The molecule has 0 saturated heterocycles. The highest BCUT2D eigenvalue weighted by Crippen LogP contribution is 2.51. The van der Waals surface area contributed by atoms with Crippen LogP contribution >= 0.6 is 7.14 Å². The van der Waals surface area contributed by atoms with Crippen LogP contribution in [0.5, 0.6) is 0 Å². The van der Waals surface area contributed by atoms with Gasteiger partial charge in [0.1, 0.15) is 0 Å². The largest absolute Gasteiger partial charge is 0.324 e. The summed E-state index contributed by atoms with van der Waals surface area (Å²) >= 11 is 0. The van der Waals surface area contributed by atoms with E-state index in [2.05, 4.69) is 20.8 Å². The van der Waals surface area contributed by atoms with Crippen LogP contribution in [0, 0.1) is 11.8 Å². The van der Waals surface area contributed by atoms with Crippen LogP contribution in [0.2, 0.25) is 0 Å². The quantitative estimate of drug-likeness (QED) is 0.196. The van der Waals surface area contributed by atoms with E-state index in [1.165, 1.54) is 83.5 Å². The zero-order chi connectivity index (χ0) is 18.4. The van der Waals surface area contributed by atoms with Crippen LogP contribution in [0.25, 0.3) is 0 Å². The Hall–Kier alpha value is 0.230. The number of hydrogen-bond acceptors (Lipinski definition) is 1. The molecule has 1 atom stereocenters. The summed E-state index contributed by atoms with van der Waals surface area (Å²) in [6.07, 6.45) is 23.6. The Balaban J connectivity index is 2.38. The molecule has 1 aliphatic carbocycles. The third-order valence-electron chi connectivity index (χ3n) is 6.32. The normalized spacial score (nSPS) is 17.2. The van der Waals surface area contributed by atoms with Crippen LogP contribution in [0.3, 0.4) is 0 Å². The van der Waals surface area contributed by atoms with Crippen molar-refractivity contribution >= 4 is 7.14 Å². The molecular weight excluding hydrogens is 323 g/mol. The van der Waals surface area contributed by atoms with Crippen molar-refractivity contribution in [2.75, 3.05) is 18.5 Å². The van der Waals surface area contributed by atoms with E-state index in [1.807, 2.05) is 0 Å². The molecule has 0 bridgehead atoms. The monoisotopic (exact) mass is 370 g/mol. The highest BCUT2D eigenvalue weighted by atomic mass is 31.2. The lowest BCUT2D eigenvalue weighted by Gasteiger charge is -2.28. The summed E-state index contributed by atoms with van der Waals surface area (Å²) in [7, 11) is -1.90. The summed E-state index contributed by atoms with van der Waals surface area (Å²) in [4.78, 5) is 0. The molecule has 1 nitrogen and oxygen atoms in total. The Kier molecular flexibility index (Phi) is 13.3. The SMILES string of the molecule is CCCCCCCCCCC(CP(=O)(CCC)CCC)C1CCCC1. The standard InChI is InChI=1S/C23H47OP/c1-4-7-8-9-10-11-12-13-18-23(22-16-14-15-17-22)21-25(24,19-5-2)20-6-3/h22-23H,4-21H2,1-3H3. The second-order valence-electron chi connectivity index (χ2n) is 8.76. The van der Waals surface area contributed by atoms with Gasteiger partial charge < -0.3 is 4.57 Å². The molecule has 0 aromatic heterocycles. The van der Waals surface area contributed by atoms with Crippen molar-refractivity contribution in [2.24, 2.45) is 11.8 Å². The van der Waals surface area contributed by atoms with Gasteiger partial charge in [-0.1, -0.05) is 97.8 Å². The molecule has 0 heterocycles. The van der Waals surface area contributed by atoms with Crippen LogP contribution < -0.4 is 0 Å². The summed E-state index contributed by atoms with van der Waals surface area (Å²) in [5, 5.41) is 0. The average Bonchev–Trinajstić information content (AvgIpc) is 3.11. The molecule has 150 valence electrons. The third-order valence-corrected chi connectivity index (χ3v) is 9.98. The molecule has 25 heavy (non-hydrogen) atoms. The molecule has 0 radical (unpaired) electrons. The summed E-state index contributed by atoms with van der Waals surface area (Å²) in [5.41, 5.74) is 0. The molecule has 1 fully saturated rings. The summed E-state index contributed by atoms with van der Waals surface area (Å²) in [6, 6.07) is 0. The van der Waals surface area contributed by atoms with Crippen LogP contribution in [0.1, 0.15) is 117 Å². The molecule has 0 aliphatic heterocycles. The van der Waals surface area contributed by atoms with Crippen molar-refractivity contribution in [1.29, 1.82) is 0 Å². The predicted molar refractivity (Wildman–Crippen MR) is 115 cm³/mol. The van der Waals surface area contributed by atoms with Crippen LogP contribution in [-0.4, -0.2) is 18.5 Å². The molecule has 0 spiro atoms. The van der Waals surface area contributed by atoms with Crippen LogP contribution in [-0.2, 0) is 4.57 Å². The van der Waals surface area contributed by atoms with Crippen molar-refractivity contribution in [1.82, 2.24) is 0 Å². The van der Waals surface area contributed by atoms with Gasteiger partial charge >= 0.3 is 0 Å². The summed E-state index contributed by atoms with van der Waals surface area (Å²) in [6.45, 7) is 6.72. The molecule has 1 rings (SSSR count). The second-order valence-corrected chi connectivity index (χ2v) is 12.1. The molecule has 0 aromatic rings. The van der Waals surface area contributed by atoms with E-state index in [0.29, 0.717) is 0 Å². The Bertz CT molecular complexity index is 336. The number of rotatable bonds is 16. The Morgan fingerprint density at radius 3 is 1.80 bits per heavy atom. The van der Waals surface area contributed by atoms with Crippen LogP contribution in [0.4, 0.5) is 0 Å². The topological polar surface area (TPSA) is 17.1 Å². The minimum atomic E-state index is -1.90. The maximum absolute atomic E-state index is 13.4. The number of unbranched alkanes of at least 4 members (excludes halogenated alkanes) is 7. The molecular formula is C23H47OP. The highest BCUT2D eigenvalue weighted by molar-refractivity contribution is 7.63. The molecule has 1 unspecified atom stereocenters. The minimum absolute atomic E-state index is 0.770. The molecule has 2 heteroatoms. The van der Waals surface area contributed by atoms with E-state index in [9.17, 15) is 4.57 Å². The van der Waals surface area contributed by atoms with Gasteiger partial charge in [0, 0.05) is 18.5 Å². The van der Waals surface area contributed by atoms with Crippen molar-refractivity contribution in [3.05, 3.63) is 0 Å². The first-order chi connectivity index (χ1) is 12.1. The lowest BCUT2D eigenvalue weighted by Crippen LogP contribution is -2.18. The Morgan fingerprint density at radius 1 is 0.760 bits per heavy atom. The summed E-state index contributed by atoms with van der Waals surface area (Å²) < 4.78 is 13.4. The van der Waals surface area contributed by atoms with E-state index >= 15 is 0 Å². The van der Waals surface area contributed by atoms with Gasteiger partial charge in [-0.05, 0) is 31.1 Å². The van der Waals surface area contributed by atoms with Gasteiger partial charge in [-0.3, -0.25) is 0 Å². The molecule has 1 saturated carbocycles. The van der Waals surface area contributed by atoms with Gasteiger partial charge in [-0.15, -0.1) is 0 Å². The predicted octanol–water partition coefficient (Wildman–Crippen LogP) is 8.51. The van der Waals surface area contributed by atoms with E-state index in [-0.39, 0.29) is 0 Å². The zero-order valence-corrected chi connectivity index (χ0v) is 18.6. The van der Waals surface area contributed by atoms with E-state index in [0.717, 1.165) is 43.2 Å². The van der Waals surface area contributed by atoms with E-state index in [1.54, 1.807) is 0 Å². The van der Waals surface area contributed by atoms with Gasteiger partial charge in [0.05, 0.1) is 7.14 Å². The Morgan fingerprint density at radius 2 is 1.28 bits per heavy atom. The molecule has 0 amide bonds. The van der Waals surface area contributed by atoms with E-state index < -0.39 is 7.14 Å². The van der Waals surface area contributed by atoms with Crippen molar-refractivity contribution in [2.45, 2.75) is 117 Å². The number of hydrogen-bond donors (Lipinski definition) is 0. The maximum Gasteiger partial charge on any atom is 0.0880 e. The average molecular weight is 371 g/mol. The second kappa shape index (κ2) is 14.3. The van der Waals surface area contributed by atoms with Gasteiger partial charge in [0.2, 0.25) is 0 Å². The fraction of sp³-hybridized carbons (Fsp3) is 1.00. The lowest BCUT2D eigenvalue weighted by molar-refractivity contribution is 0.333. The first-order valence-electron chi connectivity index (χ1n) is 11.7. The zero-order valence-electron chi connectivity index (χ0n) is 17.7. The van der Waals surface area contributed by atoms with Crippen molar-refractivity contribution in [3.63, 3.8) is 0 Å². The fourth-order valence-electron chi connectivity index (χ4n) is 4.98. The molecule has 0 N–H and O–H groups in total. The van der Waals surface area contributed by atoms with Crippen LogP contribution in [0.15, 0.2) is 0 Å². The van der Waals surface area contributed by atoms with Gasteiger partial charge in [0.25, 0.3) is 0 Å². The summed E-state index contributed by atoms with van der Waals surface area (Å²) in [5.74, 6) is 1.66. The van der Waals surface area contributed by atoms with Gasteiger partial charge in [0.15, 0.2) is 0 Å². The van der Waals surface area contributed by atoms with E-state index in [4.69, 9.17) is 0 Å². The highest BCUT2D eigenvalue weighted by Gasteiger charge is 2.31. The van der Waals surface area contributed by atoms with Crippen molar-refractivity contribution in [3.8, 4) is 0 Å². The lowest BCUT2D eigenvalue weighted by atomic mass is 9.88. The third kappa shape index (κ3) is 10.2. The Labute approximate surface area is 159 Å². The molecule has 0 aromatic carbocycles. The smallest absolute Gasteiger partial charge is 0.0880 e. The first-order valence-corrected chi connectivity index (χ1v) is 14.0. The minimum Gasteiger partial charge on any atom is -0.324 e. The fourth-order valence-corrected chi connectivity index (χ4v) is 8.54. The van der Waals surface area contributed by atoms with Gasteiger partial charge in [-0.2, -0.15) is 0 Å². The molecule has 1 aliphatic rings.